The van der Waals surface area contributed by atoms with Crippen LogP contribution >= 0.6 is 0 Å². The van der Waals surface area contributed by atoms with Crippen molar-refractivity contribution < 1.29 is 10.2 Å². The van der Waals surface area contributed by atoms with Gasteiger partial charge in [-0.15, -0.1) is 0 Å². The fourth-order valence-corrected chi connectivity index (χ4v) is 4.24. The van der Waals surface area contributed by atoms with Crippen molar-refractivity contribution >= 4 is 23.8 Å². The molecular weight excluding hydrogens is 468 g/mol. The lowest BCUT2D eigenvalue weighted by molar-refractivity contribution is 0.444. The molecule has 0 aliphatic heterocycles. The molecule has 4 rings (SSSR count). The van der Waals surface area contributed by atoms with E-state index in [1.54, 1.807) is 12.4 Å². The van der Waals surface area contributed by atoms with Crippen LogP contribution in [0.1, 0.15) is 63.8 Å². The molecule has 0 spiro atoms. The summed E-state index contributed by atoms with van der Waals surface area (Å²) in [4.78, 5) is 9.38. The van der Waals surface area contributed by atoms with E-state index >= 15 is 0 Å². The topological polar surface area (TPSA) is 65.2 Å². The maximum atomic E-state index is 11.1. The number of rotatable bonds is 5. The van der Waals surface area contributed by atoms with Gasteiger partial charge >= 0.3 is 0 Å². The predicted molar refractivity (Wildman–Crippen MR) is 160 cm³/mol. The molecule has 0 saturated carbocycles. The van der Waals surface area contributed by atoms with E-state index in [4.69, 9.17) is 4.99 Å². The number of phenols is 2. The molecule has 0 heterocycles. The molecule has 0 radical (unpaired) electrons. The molecule has 0 aliphatic carbocycles. The quantitative estimate of drug-likeness (QED) is 0.267. The van der Waals surface area contributed by atoms with E-state index in [1.807, 2.05) is 78.9 Å². The Hall–Kier alpha value is -4.18. The van der Waals surface area contributed by atoms with Gasteiger partial charge in [-0.3, -0.25) is 9.98 Å². The maximum absolute atomic E-state index is 11.1. The molecule has 194 valence electrons. The largest absolute Gasteiger partial charge is 0.507 e. The van der Waals surface area contributed by atoms with Crippen molar-refractivity contribution in [1.29, 1.82) is 0 Å². The standard InChI is InChI=1S/C34H36N2O2/c1-33(2,3)26-19-25(32(38)28(20-26)34(4,5)6)22-36-30-18-11-10-17-29(30)35-21-24-15-12-16-27(31(24)37)23-13-8-7-9-14-23/h7-22,37-38H,1-6H3. The first-order chi connectivity index (χ1) is 17.9. The third kappa shape index (κ3) is 6.03. The van der Waals surface area contributed by atoms with Crippen LogP contribution in [0, 0.1) is 0 Å². The Morgan fingerprint density at radius 3 is 1.74 bits per heavy atom. The van der Waals surface area contributed by atoms with Gasteiger partial charge in [-0.05, 0) is 46.2 Å². The Labute approximate surface area is 226 Å². The fraction of sp³-hybridized carbons (Fsp3) is 0.235. The van der Waals surface area contributed by atoms with Crippen LogP contribution in [0.2, 0.25) is 0 Å². The molecule has 0 saturated heterocycles. The van der Waals surface area contributed by atoms with Gasteiger partial charge in [-0.1, -0.05) is 102 Å². The lowest BCUT2D eigenvalue weighted by Crippen LogP contribution is -2.17. The first kappa shape index (κ1) is 26.9. The van der Waals surface area contributed by atoms with Crippen molar-refractivity contribution in [3.05, 3.63) is 107 Å². The van der Waals surface area contributed by atoms with Gasteiger partial charge in [0.25, 0.3) is 0 Å². The summed E-state index contributed by atoms with van der Waals surface area (Å²) in [6, 6.07) is 27.1. The Morgan fingerprint density at radius 1 is 0.579 bits per heavy atom. The minimum atomic E-state index is -0.216. The Bertz CT molecular complexity index is 1490. The lowest BCUT2D eigenvalue weighted by Gasteiger charge is -2.27. The molecule has 4 aromatic rings. The van der Waals surface area contributed by atoms with E-state index < -0.39 is 0 Å². The molecule has 2 N–H and O–H groups in total. The van der Waals surface area contributed by atoms with Gasteiger partial charge in [-0.25, -0.2) is 0 Å². The zero-order valence-corrected chi connectivity index (χ0v) is 23.0. The van der Waals surface area contributed by atoms with Crippen molar-refractivity contribution in [2.24, 2.45) is 9.98 Å². The molecule has 0 amide bonds. The van der Waals surface area contributed by atoms with Crippen molar-refractivity contribution in [1.82, 2.24) is 0 Å². The summed E-state index contributed by atoms with van der Waals surface area (Å²) in [5, 5.41) is 22.0. The smallest absolute Gasteiger partial charge is 0.132 e. The summed E-state index contributed by atoms with van der Waals surface area (Å²) >= 11 is 0. The first-order valence-electron chi connectivity index (χ1n) is 12.9. The van der Waals surface area contributed by atoms with Crippen LogP contribution in [0.4, 0.5) is 11.4 Å². The minimum Gasteiger partial charge on any atom is -0.507 e. The monoisotopic (exact) mass is 504 g/mol. The molecule has 38 heavy (non-hydrogen) atoms. The summed E-state index contributed by atoms with van der Waals surface area (Å²) in [6.07, 6.45) is 3.37. The van der Waals surface area contributed by atoms with Gasteiger partial charge in [0, 0.05) is 34.7 Å². The van der Waals surface area contributed by atoms with Gasteiger partial charge in [0.15, 0.2) is 0 Å². The maximum Gasteiger partial charge on any atom is 0.132 e. The zero-order chi connectivity index (χ0) is 27.5. The van der Waals surface area contributed by atoms with Gasteiger partial charge in [0.2, 0.25) is 0 Å². The zero-order valence-electron chi connectivity index (χ0n) is 23.0. The van der Waals surface area contributed by atoms with E-state index in [0.717, 1.165) is 22.3 Å². The molecule has 4 nitrogen and oxygen atoms in total. The summed E-state index contributed by atoms with van der Waals surface area (Å²) in [5.41, 5.74) is 6.07. The molecule has 0 fully saturated rings. The van der Waals surface area contributed by atoms with Gasteiger partial charge in [0.1, 0.15) is 11.5 Å². The number of hydrogen-bond donors (Lipinski definition) is 2. The number of phenolic OH excluding ortho intramolecular Hbond substituents is 2. The molecule has 4 heteroatoms. The average Bonchev–Trinajstić information content (AvgIpc) is 2.87. The number of hydrogen-bond acceptors (Lipinski definition) is 4. The van der Waals surface area contributed by atoms with E-state index in [1.165, 1.54) is 0 Å². The Morgan fingerprint density at radius 2 is 1.16 bits per heavy atom. The highest BCUT2D eigenvalue weighted by atomic mass is 16.3. The second-order valence-corrected chi connectivity index (χ2v) is 11.6. The normalized spacial score (nSPS) is 12.5. The third-order valence-electron chi connectivity index (χ3n) is 6.53. The van der Waals surface area contributed by atoms with E-state index in [-0.39, 0.29) is 22.3 Å². The molecule has 0 unspecified atom stereocenters. The predicted octanol–water partition coefficient (Wildman–Crippen LogP) is 8.86. The van der Waals surface area contributed by atoms with Crippen LogP contribution < -0.4 is 0 Å². The SMILES string of the molecule is CC(C)(C)c1cc(C=Nc2ccccc2N=Cc2cccc(-c3ccccc3)c2O)c(O)c(C(C)(C)C)c1. The highest BCUT2D eigenvalue weighted by Gasteiger charge is 2.24. The van der Waals surface area contributed by atoms with Crippen molar-refractivity contribution in [2.75, 3.05) is 0 Å². The highest BCUT2D eigenvalue weighted by molar-refractivity contribution is 5.92. The van der Waals surface area contributed by atoms with E-state index in [0.29, 0.717) is 22.5 Å². The van der Waals surface area contributed by atoms with Crippen molar-refractivity contribution in [3.63, 3.8) is 0 Å². The number of aromatic hydroxyl groups is 2. The second kappa shape index (κ2) is 10.7. The summed E-state index contributed by atoms with van der Waals surface area (Å²) in [5.74, 6) is 0.431. The number of benzene rings is 4. The second-order valence-electron chi connectivity index (χ2n) is 11.6. The molecular formula is C34H36N2O2. The molecule has 0 bridgehead atoms. The Kier molecular flexibility index (Phi) is 7.54. The summed E-state index contributed by atoms with van der Waals surface area (Å²) < 4.78 is 0. The van der Waals surface area contributed by atoms with Crippen molar-refractivity contribution in [3.8, 4) is 22.6 Å². The van der Waals surface area contributed by atoms with Crippen LogP contribution in [-0.2, 0) is 10.8 Å². The third-order valence-corrected chi connectivity index (χ3v) is 6.53. The highest BCUT2D eigenvalue weighted by Crippen LogP contribution is 2.38. The van der Waals surface area contributed by atoms with Gasteiger partial charge in [0.05, 0.1) is 11.4 Å². The summed E-state index contributed by atoms with van der Waals surface area (Å²) in [7, 11) is 0. The van der Waals surface area contributed by atoms with Crippen LogP contribution in [0.5, 0.6) is 11.5 Å². The van der Waals surface area contributed by atoms with Crippen LogP contribution in [-0.4, -0.2) is 22.6 Å². The fourth-order valence-electron chi connectivity index (χ4n) is 4.24. The Balaban J connectivity index is 1.70. The lowest BCUT2D eigenvalue weighted by atomic mass is 9.79. The first-order valence-corrected chi connectivity index (χ1v) is 12.9. The van der Waals surface area contributed by atoms with Crippen molar-refractivity contribution in [2.45, 2.75) is 52.4 Å². The summed E-state index contributed by atoms with van der Waals surface area (Å²) in [6.45, 7) is 12.8. The van der Waals surface area contributed by atoms with Crippen LogP contribution in [0.25, 0.3) is 11.1 Å². The van der Waals surface area contributed by atoms with Gasteiger partial charge in [-0.2, -0.15) is 0 Å². The minimum absolute atomic E-state index is 0.0746. The van der Waals surface area contributed by atoms with Crippen LogP contribution in [0.15, 0.2) is 94.9 Å². The van der Waals surface area contributed by atoms with Gasteiger partial charge < -0.3 is 10.2 Å². The molecule has 0 atom stereocenters. The number of nitrogens with zero attached hydrogens (tertiary/aromatic N) is 2. The number of aliphatic imine (C=N–C) groups is 2. The molecule has 0 aromatic heterocycles. The molecule has 0 aliphatic rings. The van der Waals surface area contributed by atoms with E-state index in [9.17, 15) is 10.2 Å². The molecule has 4 aromatic carbocycles. The average molecular weight is 505 g/mol. The van der Waals surface area contributed by atoms with E-state index in [2.05, 4.69) is 52.6 Å². The number of para-hydroxylation sites is 3. The van der Waals surface area contributed by atoms with Crippen LogP contribution in [0.3, 0.4) is 0 Å².